The summed E-state index contributed by atoms with van der Waals surface area (Å²) in [7, 11) is 0. The van der Waals surface area contributed by atoms with Crippen molar-refractivity contribution in [2.45, 2.75) is 20.4 Å². The summed E-state index contributed by atoms with van der Waals surface area (Å²) >= 11 is 0. The largest absolute Gasteiger partial charge is 0.366 e. The van der Waals surface area contributed by atoms with Gasteiger partial charge in [-0.15, -0.1) is 0 Å². The topological polar surface area (TPSA) is 60.9 Å². The number of hydrogen-bond donors (Lipinski definition) is 1. The van der Waals surface area contributed by atoms with Crippen LogP contribution < -0.4 is 5.73 Å². The van der Waals surface area contributed by atoms with E-state index in [4.69, 9.17) is 5.73 Å². The van der Waals surface area contributed by atoms with Crippen LogP contribution in [-0.2, 0) is 6.54 Å². The van der Waals surface area contributed by atoms with Gasteiger partial charge in [0.2, 0.25) is 5.91 Å². The molecule has 0 unspecified atom stereocenters. The zero-order valence-corrected chi connectivity index (χ0v) is 9.97. The molecule has 2 N–H and O–H groups in total. The van der Waals surface area contributed by atoms with E-state index in [1.54, 1.807) is 12.3 Å². The third kappa shape index (κ3) is 2.36. The van der Waals surface area contributed by atoms with Gasteiger partial charge in [0.1, 0.15) is 5.82 Å². The van der Waals surface area contributed by atoms with Crippen LogP contribution in [0.25, 0.3) is 0 Å². The lowest BCUT2D eigenvalue weighted by molar-refractivity contribution is 0.1000. The van der Waals surface area contributed by atoms with Crippen LogP contribution in [0.4, 0.5) is 0 Å². The molecule has 17 heavy (non-hydrogen) atoms. The fourth-order valence-corrected chi connectivity index (χ4v) is 1.78. The first-order valence-electron chi connectivity index (χ1n) is 5.45. The maximum atomic E-state index is 11.0. The number of hydrogen-bond acceptors (Lipinski definition) is 2. The minimum Gasteiger partial charge on any atom is -0.366 e. The summed E-state index contributed by atoms with van der Waals surface area (Å²) < 4.78 is 2.06. The fraction of sp³-hybridized carbons (Fsp3) is 0.231. The number of carbonyl (C=O) groups is 1. The van der Waals surface area contributed by atoms with Gasteiger partial charge in [-0.25, -0.2) is 4.98 Å². The molecule has 1 amide bonds. The van der Waals surface area contributed by atoms with Gasteiger partial charge < -0.3 is 10.3 Å². The van der Waals surface area contributed by atoms with Crippen molar-refractivity contribution >= 4 is 5.91 Å². The minimum atomic E-state index is -0.390. The number of amides is 1. The number of benzene rings is 1. The second kappa shape index (κ2) is 4.41. The number of nitrogens with two attached hydrogens (primary N) is 1. The third-order valence-electron chi connectivity index (χ3n) is 2.89. The summed E-state index contributed by atoms with van der Waals surface area (Å²) in [6.07, 6.45) is 3.72. The van der Waals surface area contributed by atoms with Gasteiger partial charge in [-0.3, -0.25) is 4.79 Å². The molecule has 0 saturated carbocycles. The Morgan fingerprint density at radius 2 is 2.18 bits per heavy atom. The molecule has 0 saturated heterocycles. The molecule has 2 rings (SSSR count). The molecule has 88 valence electrons. The van der Waals surface area contributed by atoms with E-state index in [0.29, 0.717) is 5.56 Å². The second-order valence-electron chi connectivity index (χ2n) is 4.11. The van der Waals surface area contributed by atoms with Gasteiger partial charge in [0, 0.05) is 24.5 Å². The average molecular weight is 229 g/mol. The standard InChI is InChI=1S/C13H15N3O/c1-9-7-11(13(14)17)3-4-12(9)8-16-6-5-15-10(16)2/h3-7H,8H2,1-2H3,(H2,14,17). The van der Waals surface area contributed by atoms with Crippen molar-refractivity contribution < 1.29 is 4.79 Å². The summed E-state index contributed by atoms with van der Waals surface area (Å²) in [5.74, 6) is 0.585. The Balaban J connectivity index is 2.29. The minimum absolute atomic E-state index is 0.390. The summed E-state index contributed by atoms with van der Waals surface area (Å²) in [4.78, 5) is 15.2. The Labute approximate surface area is 100 Å². The van der Waals surface area contributed by atoms with Crippen LogP contribution in [0, 0.1) is 13.8 Å². The molecule has 0 bridgehead atoms. The van der Waals surface area contributed by atoms with E-state index in [1.807, 2.05) is 32.2 Å². The van der Waals surface area contributed by atoms with Crippen LogP contribution in [0.3, 0.4) is 0 Å². The number of imidazole rings is 1. The highest BCUT2D eigenvalue weighted by atomic mass is 16.1. The number of rotatable bonds is 3. The summed E-state index contributed by atoms with van der Waals surface area (Å²) in [6, 6.07) is 5.52. The quantitative estimate of drug-likeness (QED) is 0.869. The van der Waals surface area contributed by atoms with Gasteiger partial charge in [-0.05, 0) is 37.1 Å². The van der Waals surface area contributed by atoms with E-state index in [0.717, 1.165) is 23.5 Å². The number of aryl methyl sites for hydroxylation is 2. The Morgan fingerprint density at radius 3 is 2.71 bits per heavy atom. The van der Waals surface area contributed by atoms with Crippen LogP contribution in [-0.4, -0.2) is 15.5 Å². The van der Waals surface area contributed by atoms with Crippen molar-refractivity contribution in [3.05, 3.63) is 53.1 Å². The zero-order chi connectivity index (χ0) is 12.4. The first-order chi connectivity index (χ1) is 8.08. The number of carbonyl (C=O) groups excluding carboxylic acids is 1. The van der Waals surface area contributed by atoms with E-state index >= 15 is 0 Å². The Kier molecular flexibility index (Phi) is 2.95. The van der Waals surface area contributed by atoms with Crippen LogP contribution >= 0.6 is 0 Å². The van der Waals surface area contributed by atoms with Gasteiger partial charge in [0.25, 0.3) is 0 Å². The SMILES string of the molecule is Cc1cc(C(N)=O)ccc1Cn1ccnc1C. The van der Waals surface area contributed by atoms with E-state index in [-0.39, 0.29) is 0 Å². The maximum absolute atomic E-state index is 11.0. The molecule has 0 aliphatic rings. The normalized spacial score (nSPS) is 10.5. The lowest BCUT2D eigenvalue weighted by atomic mass is 10.0. The highest BCUT2D eigenvalue weighted by molar-refractivity contribution is 5.93. The van der Waals surface area contributed by atoms with Crippen LogP contribution in [0.1, 0.15) is 27.3 Å². The maximum Gasteiger partial charge on any atom is 0.248 e. The fourth-order valence-electron chi connectivity index (χ4n) is 1.78. The van der Waals surface area contributed by atoms with Gasteiger partial charge in [0.15, 0.2) is 0 Å². The monoisotopic (exact) mass is 229 g/mol. The third-order valence-corrected chi connectivity index (χ3v) is 2.89. The molecule has 1 heterocycles. The van der Waals surface area contributed by atoms with Gasteiger partial charge in [0.05, 0.1) is 0 Å². The second-order valence-corrected chi connectivity index (χ2v) is 4.11. The molecule has 0 fully saturated rings. The summed E-state index contributed by atoms with van der Waals surface area (Å²) in [5, 5.41) is 0. The molecule has 0 aliphatic heterocycles. The number of nitrogens with zero attached hydrogens (tertiary/aromatic N) is 2. The van der Waals surface area contributed by atoms with Crippen molar-refractivity contribution in [3.63, 3.8) is 0 Å². The zero-order valence-electron chi connectivity index (χ0n) is 9.97. The molecular formula is C13H15N3O. The average Bonchev–Trinajstić information content (AvgIpc) is 2.67. The summed E-state index contributed by atoms with van der Waals surface area (Å²) in [5.41, 5.74) is 8.02. The first-order valence-corrected chi connectivity index (χ1v) is 5.45. The van der Waals surface area contributed by atoms with E-state index < -0.39 is 5.91 Å². The van der Waals surface area contributed by atoms with Crippen LogP contribution in [0.5, 0.6) is 0 Å². The van der Waals surface area contributed by atoms with E-state index in [2.05, 4.69) is 9.55 Å². The molecule has 2 aromatic rings. The predicted molar refractivity (Wildman–Crippen MR) is 65.8 cm³/mol. The Hall–Kier alpha value is -2.10. The van der Waals surface area contributed by atoms with Gasteiger partial charge in [-0.2, -0.15) is 0 Å². The molecule has 0 aliphatic carbocycles. The predicted octanol–water partition coefficient (Wildman–Crippen LogP) is 1.65. The lowest BCUT2D eigenvalue weighted by Crippen LogP contribution is -2.12. The molecule has 0 radical (unpaired) electrons. The van der Waals surface area contributed by atoms with Crippen molar-refractivity contribution in [1.82, 2.24) is 9.55 Å². The highest BCUT2D eigenvalue weighted by Crippen LogP contribution is 2.13. The van der Waals surface area contributed by atoms with Crippen molar-refractivity contribution in [2.24, 2.45) is 5.73 Å². The first kappa shape index (κ1) is 11.4. The molecule has 0 spiro atoms. The van der Waals surface area contributed by atoms with Crippen molar-refractivity contribution in [2.75, 3.05) is 0 Å². The highest BCUT2D eigenvalue weighted by Gasteiger charge is 2.05. The van der Waals surface area contributed by atoms with Crippen LogP contribution in [0.15, 0.2) is 30.6 Å². The van der Waals surface area contributed by atoms with Gasteiger partial charge in [-0.1, -0.05) is 6.07 Å². The molecular weight excluding hydrogens is 214 g/mol. The number of aromatic nitrogens is 2. The van der Waals surface area contributed by atoms with E-state index in [9.17, 15) is 4.79 Å². The molecule has 1 aromatic heterocycles. The lowest BCUT2D eigenvalue weighted by Gasteiger charge is -2.09. The summed E-state index contributed by atoms with van der Waals surface area (Å²) in [6.45, 7) is 4.71. The van der Waals surface area contributed by atoms with Crippen molar-refractivity contribution in [3.8, 4) is 0 Å². The number of primary amides is 1. The smallest absolute Gasteiger partial charge is 0.248 e. The van der Waals surface area contributed by atoms with Gasteiger partial charge >= 0.3 is 0 Å². The molecule has 0 atom stereocenters. The van der Waals surface area contributed by atoms with Crippen LogP contribution in [0.2, 0.25) is 0 Å². The van der Waals surface area contributed by atoms with Crippen molar-refractivity contribution in [1.29, 1.82) is 0 Å². The molecule has 1 aromatic carbocycles. The Morgan fingerprint density at radius 1 is 1.41 bits per heavy atom. The molecule has 4 nitrogen and oxygen atoms in total. The Bertz CT molecular complexity index is 558. The molecule has 4 heteroatoms. The van der Waals surface area contributed by atoms with E-state index in [1.165, 1.54) is 0 Å².